The quantitative estimate of drug-likeness (QED) is 0.695. The van der Waals surface area contributed by atoms with E-state index in [1.807, 2.05) is 0 Å². The lowest BCUT2D eigenvalue weighted by molar-refractivity contribution is -0.139. The Bertz CT molecular complexity index is 818. The minimum atomic E-state index is -0.872. The number of nitrogens with one attached hydrogen (secondary N) is 1. The predicted octanol–water partition coefficient (Wildman–Crippen LogP) is 3.42. The molecule has 2 N–H and O–H groups in total. The summed E-state index contributed by atoms with van der Waals surface area (Å²) in [5.74, 6) is -2.14. The van der Waals surface area contributed by atoms with Crippen LogP contribution in [-0.4, -0.2) is 37.4 Å². The van der Waals surface area contributed by atoms with Gasteiger partial charge in [-0.3, -0.25) is 0 Å². The Hall–Kier alpha value is -2.67. The third-order valence-corrected chi connectivity index (χ3v) is 4.79. The molecule has 0 saturated heterocycles. The molecule has 0 fully saturated rings. The Morgan fingerprint density at radius 1 is 1.07 bits per heavy atom. The Kier molecular flexibility index (Phi) is 6.96. The van der Waals surface area contributed by atoms with Crippen molar-refractivity contribution in [1.82, 2.24) is 5.32 Å². The lowest BCUT2D eigenvalue weighted by atomic mass is 9.80. The van der Waals surface area contributed by atoms with E-state index in [-0.39, 0.29) is 40.9 Å². The summed E-state index contributed by atoms with van der Waals surface area (Å²) >= 11 is 6.40. The standard InChI is InChI=1S/C20H24ClNO6/c1-6-27-19(24)14-10(3)22-11(4)15(20(25)28-7-2)16(14)12-8-9-13(26-5)18(23)17(12)21/h8-9,16,22-23H,6-7H2,1-5H3. The summed E-state index contributed by atoms with van der Waals surface area (Å²) in [6.07, 6.45) is 0. The molecule has 0 spiro atoms. The molecule has 7 nitrogen and oxygen atoms in total. The van der Waals surface area contributed by atoms with Crippen molar-refractivity contribution in [2.24, 2.45) is 0 Å². The monoisotopic (exact) mass is 409 g/mol. The van der Waals surface area contributed by atoms with Crippen LogP contribution in [-0.2, 0) is 19.1 Å². The number of phenols is 1. The lowest BCUT2D eigenvalue weighted by Gasteiger charge is -2.31. The second kappa shape index (κ2) is 9.01. The molecule has 1 aromatic rings. The normalized spacial score (nSPS) is 14.6. The zero-order chi connectivity index (χ0) is 21.0. The van der Waals surface area contributed by atoms with Gasteiger partial charge in [0.25, 0.3) is 0 Å². The SMILES string of the molecule is CCOC(=O)C1=C(C)NC(C)=C(C(=O)OCC)C1c1ccc(OC)c(O)c1Cl. The fourth-order valence-corrected chi connectivity index (χ4v) is 3.48. The highest BCUT2D eigenvalue weighted by atomic mass is 35.5. The topological polar surface area (TPSA) is 94.1 Å². The highest BCUT2D eigenvalue weighted by Gasteiger charge is 2.39. The number of esters is 2. The molecule has 2 rings (SSSR count). The summed E-state index contributed by atoms with van der Waals surface area (Å²) in [6.45, 7) is 7.14. The molecule has 1 aromatic carbocycles. The van der Waals surface area contributed by atoms with E-state index in [0.29, 0.717) is 17.0 Å². The number of benzene rings is 1. The second-order valence-corrected chi connectivity index (χ2v) is 6.47. The van der Waals surface area contributed by atoms with E-state index in [0.717, 1.165) is 0 Å². The van der Waals surface area contributed by atoms with Crippen LogP contribution in [0.15, 0.2) is 34.7 Å². The number of carbonyl (C=O) groups excluding carboxylic acids is 2. The minimum absolute atomic E-state index is 0.0181. The van der Waals surface area contributed by atoms with Crippen LogP contribution in [0.2, 0.25) is 5.02 Å². The van der Waals surface area contributed by atoms with Gasteiger partial charge in [0.15, 0.2) is 11.5 Å². The van der Waals surface area contributed by atoms with E-state index < -0.39 is 17.9 Å². The Morgan fingerprint density at radius 2 is 1.57 bits per heavy atom. The summed E-state index contributed by atoms with van der Waals surface area (Å²) in [4.78, 5) is 25.4. The van der Waals surface area contributed by atoms with Gasteiger partial charge in [0, 0.05) is 11.4 Å². The first-order chi connectivity index (χ1) is 13.3. The van der Waals surface area contributed by atoms with Crippen LogP contribution in [0.3, 0.4) is 0 Å². The van der Waals surface area contributed by atoms with Crippen molar-refractivity contribution in [3.05, 3.63) is 45.3 Å². The number of ether oxygens (including phenoxy) is 3. The zero-order valence-corrected chi connectivity index (χ0v) is 17.3. The fourth-order valence-electron chi connectivity index (χ4n) is 3.21. The second-order valence-electron chi connectivity index (χ2n) is 6.10. The van der Waals surface area contributed by atoms with Gasteiger partial charge < -0.3 is 24.6 Å². The predicted molar refractivity (Wildman–Crippen MR) is 104 cm³/mol. The smallest absolute Gasteiger partial charge is 0.336 e. The summed E-state index contributed by atoms with van der Waals surface area (Å²) in [5, 5.41) is 13.4. The van der Waals surface area contributed by atoms with Crippen molar-refractivity contribution in [2.45, 2.75) is 33.6 Å². The third-order valence-electron chi connectivity index (χ3n) is 4.39. The summed E-state index contributed by atoms with van der Waals surface area (Å²) in [6, 6.07) is 3.13. The van der Waals surface area contributed by atoms with Gasteiger partial charge in [-0.2, -0.15) is 0 Å². The number of carbonyl (C=O) groups is 2. The summed E-state index contributed by atoms with van der Waals surface area (Å²) in [7, 11) is 1.40. The van der Waals surface area contributed by atoms with Gasteiger partial charge in [0.05, 0.1) is 42.4 Å². The van der Waals surface area contributed by atoms with E-state index in [4.69, 9.17) is 25.8 Å². The molecule has 0 aliphatic carbocycles. The molecular formula is C20H24ClNO6. The van der Waals surface area contributed by atoms with Crippen LogP contribution in [0.4, 0.5) is 0 Å². The van der Waals surface area contributed by atoms with Crippen LogP contribution in [0.1, 0.15) is 39.2 Å². The van der Waals surface area contributed by atoms with Gasteiger partial charge in [0.1, 0.15) is 0 Å². The van der Waals surface area contributed by atoms with E-state index in [1.54, 1.807) is 33.8 Å². The van der Waals surface area contributed by atoms with Crippen LogP contribution in [0, 0.1) is 0 Å². The van der Waals surface area contributed by atoms with Crippen LogP contribution in [0.25, 0.3) is 0 Å². The molecule has 1 aliphatic rings. The largest absolute Gasteiger partial charge is 0.503 e. The van der Waals surface area contributed by atoms with Crippen molar-refractivity contribution >= 4 is 23.5 Å². The molecule has 0 amide bonds. The summed E-state index contributed by atoms with van der Waals surface area (Å²) in [5.41, 5.74) is 1.87. The molecule has 8 heteroatoms. The molecule has 0 aromatic heterocycles. The van der Waals surface area contributed by atoms with Gasteiger partial charge in [-0.15, -0.1) is 0 Å². The number of methoxy groups -OCH3 is 1. The van der Waals surface area contributed by atoms with Crippen molar-refractivity contribution < 1.29 is 28.9 Å². The van der Waals surface area contributed by atoms with Crippen molar-refractivity contribution in [3.63, 3.8) is 0 Å². The number of dihydropyridines is 1. The highest BCUT2D eigenvalue weighted by molar-refractivity contribution is 6.33. The Morgan fingerprint density at radius 3 is 2.00 bits per heavy atom. The first-order valence-corrected chi connectivity index (χ1v) is 9.24. The summed E-state index contributed by atoms with van der Waals surface area (Å²) < 4.78 is 15.5. The molecular weight excluding hydrogens is 386 g/mol. The van der Waals surface area contributed by atoms with E-state index >= 15 is 0 Å². The molecule has 0 atom stereocenters. The van der Waals surface area contributed by atoms with E-state index in [1.165, 1.54) is 13.2 Å². The van der Waals surface area contributed by atoms with Crippen molar-refractivity contribution in [2.75, 3.05) is 20.3 Å². The number of rotatable bonds is 6. The molecule has 152 valence electrons. The number of aromatic hydroxyl groups is 1. The fraction of sp³-hybridized carbons (Fsp3) is 0.400. The average molecular weight is 410 g/mol. The zero-order valence-electron chi connectivity index (χ0n) is 16.5. The molecule has 0 radical (unpaired) electrons. The number of hydrogen-bond acceptors (Lipinski definition) is 7. The maximum Gasteiger partial charge on any atom is 0.336 e. The lowest BCUT2D eigenvalue weighted by Crippen LogP contribution is -2.32. The highest BCUT2D eigenvalue weighted by Crippen LogP contribution is 2.46. The molecule has 1 heterocycles. The third kappa shape index (κ3) is 3.94. The van der Waals surface area contributed by atoms with Crippen molar-refractivity contribution in [1.29, 1.82) is 0 Å². The number of allylic oxidation sites excluding steroid dienone is 2. The van der Waals surface area contributed by atoms with Gasteiger partial charge in [0.2, 0.25) is 0 Å². The Labute approximate surface area is 168 Å². The molecule has 0 unspecified atom stereocenters. The van der Waals surface area contributed by atoms with Gasteiger partial charge in [-0.1, -0.05) is 17.7 Å². The Balaban J connectivity index is 2.75. The maximum absolute atomic E-state index is 12.7. The van der Waals surface area contributed by atoms with Crippen LogP contribution < -0.4 is 10.1 Å². The van der Waals surface area contributed by atoms with Crippen LogP contribution in [0.5, 0.6) is 11.5 Å². The maximum atomic E-state index is 12.7. The molecule has 1 aliphatic heterocycles. The molecule has 0 bridgehead atoms. The molecule has 0 saturated carbocycles. The minimum Gasteiger partial charge on any atom is -0.503 e. The van der Waals surface area contributed by atoms with Gasteiger partial charge >= 0.3 is 11.9 Å². The number of hydrogen-bond donors (Lipinski definition) is 2. The number of phenolic OH excluding ortho intramolecular Hbond substituents is 1. The van der Waals surface area contributed by atoms with E-state index in [2.05, 4.69) is 5.32 Å². The number of halogens is 1. The average Bonchev–Trinajstić information content (AvgIpc) is 2.63. The van der Waals surface area contributed by atoms with Crippen LogP contribution >= 0.6 is 11.6 Å². The van der Waals surface area contributed by atoms with Gasteiger partial charge in [-0.05, 0) is 39.3 Å². The molecule has 28 heavy (non-hydrogen) atoms. The first kappa shape index (κ1) is 21.6. The van der Waals surface area contributed by atoms with Gasteiger partial charge in [-0.25, -0.2) is 9.59 Å². The van der Waals surface area contributed by atoms with E-state index in [9.17, 15) is 14.7 Å². The van der Waals surface area contributed by atoms with Crippen molar-refractivity contribution in [3.8, 4) is 11.5 Å². The first-order valence-electron chi connectivity index (χ1n) is 8.86.